The lowest BCUT2D eigenvalue weighted by molar-refractivity contribution is 0.0947. The van der Waals surface area contributed by atoms with Crippen molar-refractivity contribution < 1.29 is 4.79 Å². The quantitative estimate of drug-likeness (QED) is 0.924. The highest BCUT2D eigenvalue weighted by atomic mass is 35.5. The van der Waals surface area contributed by atoms with Gasteiger partial charge in [-0.3, -0.25) is 9.20 Å². The fourth-order valence-corrected chi connectivity index (χ4v) is 2.04. The van der Waals surface area contributed by atoms with E-state index in [1.54, 1.807) is 16.7 Å². The molecule has 0 atom stereocenters. The van der Waals surface area contributed by atoms with E-state index in [9.17, 15) is 4.79 Å². The first-order chi connectivity index (χ1) is 8.67. The molecule has 1 amide bonds. The van der Waals surface area contributed by atoms with Gasteiger partial charge in [0.25, 0.3) is 5.91 Å². The minimum Gasteiger partial charge on any atom is -0.351 e. The number of pyridine rings is 1. The summed E-state index contributed by atoms with van der Waals surface area (Å²) in [5.41, 5.74) is 2.13. The Balaban J connectivity index is 2.51. The van der Waals surface area contributed by atoms with Crippen LogP contribution in [0.4, 0.5) is 0 Å². The predicted octanol–water partition coefficient (Wildman–Crippen LogP) is 2.69. The molecule has 1 N–H and O–H groups in total. The monoisotopic (exact) mass is 265 g/mol. The van der Waals surface area contributed by atoms with E-state index in [-0.39, 0.29) is 5.91 Å². The maximum Gasteiger partial charge on any atom is 0.270 e. The van der Waals surface area contributed by atoms with Gasteiger partial charge in [0.2, 0.25) is 0 Å². The number of hydrogen-bond donors (Lipinski definition) is 1. The largest absolute Gasteiger partial charge is 0.351 e. The molecule has 0 radical (unpaired) electrons. The Morgan fingerprint density at radius 3 is 2.89 bits per heavy atom. The van der Waals surface area contributed by atoms with Crippen LogP contribution in [0, 0.1) is 0 Å². The summed E-state index contributed by atoms with van der Waals surface area (Å²) in [5, 5.41) is 3.47. The van der Waals surface area contributed by atoms with Crippen molar-refractivity contribution in [3.8, 4) is 0 Å². The Kier molecular flexibility index (Phi) is 3.87. The predicted molar refractivity (Wildman–Crippen MR) is 72.2 cm³/mol. The third-order valence-corrected chi connectivity index (χ3v) is 2.96. The van der Waals surface area contributed by atoms with Crippen LogP contribution in [0.25, 0.3) is 5.65 Å². The van der Waals surface area contributed by atoms with Crippen LogP contribution in [0.5, 0.6) is 0 Å². The van der Waals surface area contributed by atoms with Gasteiger partial charge in [0.1, 0.15) is 11.3 Å². The van der Waals surface area contributed by atoms with Crippen LogP contribution in [0.3, 0.4) is 0 Å². The van der Waals surface area contributed by atoms with E-state index >= 15 is 0 Å². The van der Waals surface area contributed by atoms with Gasteiger partial charge < -0.3 is 5.32 Å². The number of halogens is 1. The fourth-order valence-electron chi connectivity index (χ4n) is 1.88. The summed E-state index contributed by atoms with van der Waals surface area (Å²) >= 11 is 5.97. The summed E-state index contributed by atoms with van der Waals surface area (Å²) in [6, 6.07) is 3.59. The van der Waals surface area contributed by atoms with E-state index < -0.39 is 0 Å². The number of aromatic nitrogens is 2. The second-order valence-corrected chi connectivity index (χ2v) is 4.53. The van der Waals surface area contributed by atoms with Crippen LogP contribution < -0.4 is 5.32 Å². The highest BCUT2D eigenvalue weighted by Crippen LogP contribution is 2.17. The third-order valence-electron chi connectivity index (χ3n) is 2.74. The van der Waals surface area contributed by atoms with Crippen LogP contribution in [-0.2, 0) is 6.42 Å². The summed E-state index contributed by atoms with van der Waals surface area (Å²) < 4.78 is 1.76. The molecule has 0 saturated carbocycles. The number of nitrogens with one attached hydrogen (secondary N) is 1. The molecule has 0 aromatic carbocycles. The smallest absolute Gasteiger partial charge is 0.270 e. The normalized spacial score (nSPS) is 10.8. The number of aryl methyl sites for hydroxylation is 1. The molecule has 0 spiro atoms. The van der Waals surface area contributed by atoms with E-state index in [2.05, 4.69) is 10.3 Å². The zero-order chi connectivity index (χ0) is 13.1. The Bertz CT molecular complexity index is 577. The number of carbonyl (C=O) groups is 1. The first-order valence-electron chi connectivity index (χ1n) is 6.12. The van der Waals surface area contributed by atoms with Crippen molar-refractivity contribution in [3.63, 3.8) is 0 Å². The molecule has 0 fully saturated rings. The molecule has 0 aliphatic rings. The van der Waals surface area contributed by atoms with Gasteiger partial charge in [0.15, 0.2) is 0 Å². The van der Waals surface area contributed by atoms with Gasteiger partial charge in [0.05, 0.1) is 10.7 Å². The molecule has 0 aliphatic heterocycles. The number of rotatable bonds is 4. The van der Waals surface area contributed by atoms with Crippen molar-refractivity contribution in [1.29, 1.82) is 0 Å². The summed E-state index contributed by atoms with van der Waals surface area (Å²) in [4.78, 5) is 16.6. The topological polar surface area (TPSA) is 46.4 Å². The van der Waals surface area contributed by atoms with Crippen LogP contribution in [0.1, 0.15) is 36.5 Å². The maximum absolute atomic E-state index is 12.2. The minimum atomic E-state index is -0.0940. The van der Waals surface area contributed by atoms with Gasteiger partial charge in [-0.2, -0.15) is 0 Å². The van der Waals surface area contributed by atoms with Crippen LogP contribution in [0.2, 0.25) is 5.02 Å². The lowest BCUT2D eigenvalue weighted by Crippen LogP contribution is -2.26. The molecule has 2 aromatic heterocycles. The third kappa shape index (κ3) is 2.34. The lowest BCUT2D eigenvalue weighted by Gasteiger charge is -2.05. The number of carbonyl (C=O) groups excluding carboxylic acids is 1. The zero-order valence-corrected chi connectivity index (χ0v) is 11.3. The van der Waals surface area contributed by atoms with Crippen molar-refractivity contribution in [1.82, 2.24) is 14.7 Å². The first kappa shape index (κ1) is 12.9. The van der Waals surface area contributed by atoms with E-state index in [1.807, 2.05) is 19.9 Å². The van der Waals surface area contributed by atoms with E-state index in [1.165, 1.54) is 0 Å². The number of hydrogen-bond acceptors (Lipinski definition) is 2. The molecular formula is C13H16ClN3O. The van der Waals surface area contributed by atoms with Gasteiger partial charge in [-0.05, 0) is 25.0 Å². The Hall–Kier alpha value is -1.55. The van der Waals surface area contributed by atoms with Gasteiger partial charge in [0, 0.05) is 12.7 Å². The highest BCUT2D eigenvalue weighted by molar-refractivity contribution is 6.30. The van der Waals surface area contributed by atoms with E-state index in [4.69, 9.17) is 11.6 Å². The summed E-state index contributed by atoms with van der Waals surface area (Å²) in [5.74, 6) is -0.0940. The van der Waals surface area contributed by atoms with Gasteiger partial charge in [-0.25, -0.2) is 4.98 Å². The van der Waals surface area contributed by atoms with Crippen LogP contribution in [-0.4, -0.2) is 21.8 Å². The zero-order valence-electron chi connectivity index (χ0n) is 10.5. The number of fused-ring (bicyclic) bond motifs is 1. The number of amides is 1. The van der Waals surface area contributed by atoms with Crippen molar-refractivity contribution in [2.45, 2.75) is 26.7 Å². The molecule has 0 saturated heterocycles. The Morgan fingerprint density at radius 2 is 2.22 bits per heavy atom. The fraction of sp³-hybridized carbons (Fsp3) is 0.385. The van der Waals surface area contributed by atoms with Crippen molar-refractivity contribution in [3.05, 3.63) is 34.7 Å². The number of nitrogens with zero attached hydrogens (tertiary/aromatic N) is 2. The second-order valence-electron chi connectivity index (χ2n) is 4.09. The van der Waals surface area contributed by atoms with E-state index in [0.29, 0.717) is 23.7 Å². The molecule has 4 nitrogen and oxygen atoms in total. The maximum atomic E-state index is 12.2. The average Bonchev–Trinajstić information content (AvgIpc) is 2.73. The second kappa shape index (κ2) is 5.40. The summed E-state index contributed by atoms with van der Waals surface area (Å²) in [7, 11) is 0. The van der Waals surface area contributed by atoms with Crippen molar-refractivity contribution in [2.75, 3.05) is 6.54 Å². The molecule has 2 aromatic rings. The molecule has 0 bridgehead atoms. The SMILES string of the molecule is CCCNC(=O)c1c(CC)nc2ccc(Cl)cn12. The summed E-state index contributed by atoms with van der Waals surface area (Å²) in [6.45, 7) is 4.67. The number of imidazole rings is 1. The molecular weight excluding hydrogens is 250 g/mol. The molecule has 18 heavy (non-hydrogen) atoms. The lowest BCUT2D eigenvalue weighted by atomic mass is 10.2. The molecule has 2 heterocycles. The molecule has 0 aliphatic carbocycles. The van der Waals surface area contributed by atoms with Gasteiger partial charge in [-0.15, -0.1) is 0 Å². The van der Waals surface area contributed by atoms with Gasteiger partial charge >= 0.3 is 0 Å². The van der Waals surface area contributed by atoms with Crippen LogP contribution in [0.15, 0.2) is 18.3 Å². The highest BCUT2D eigenvalue weighted by Gasteiger charge is 2.17. The van der Waals surface area contributed by atoms with E-state index in [0.717, 1.165) is 17.8 Å². The molecule has 5 heteroatoms. The molecule has 96 valence electrons. The molecule has 0 unspecified atom stereocenters. The average molecular weight is 266 g/mol. The standard InChI is InChI=1S/C13H16ClN3O/c1-3-7-15-13(18)12-10(4-2)16-11-6-5-9(14)8-17(11)12/h5-6,8H,3-4,7H2,1-2H3,(H,15,18). The van der Waals surface area contributed by atoms with Gasteiger partial charge in [-0.1, -0.05) is 25.4 Å². The Labute approximate surface area is 111 Å². The summed E-state index contributed by atoms with van der Waals surface area (Å²) in [6.07, 6.45) is 3.35. The molecule has 2 rings (SSSR count). The van der Waals surface area contributed by atoms with Crippen molar-refractivity contribution >= 4 is 23.2 Å². The minimum absolute atomic E-state index is 0.0940. The van der Waals surface area contributed by atoms with Crippen LogP contribution >= 0.6 is 11.6 Å². The Morgan fingerprint density at radius 1 is 1.44 bits per heavy atom. The van der Waals surface area contributed by atoms with Crippen molar-refractivity contribution in [2.24, 2.45) is 0 Å². The first-order valence-corrected chi connectivity index (χ1v) is 6.49.